The van der Waals surface area contributed by atoms with Crippen LogP contribution >= 0.6 is 0 Å². The fourth-order valence-corrected chi connectivity index (χ4v) is 3.31. The Labute approximate surface area is 141 Å². The molecule has 2 amide bonds. The number of para-hydroxylation sites is 1. The highest BCUT2D eigenvalue weighted by atomic mass is 16.2. The van der Waals surface area contributed by atoms with Gasteiger partial charge in [-0.1, -0.05) is 31.9 Å². The second-order valence-corrected chi connectivity index (χ2v) is 6.70. The predicted octanol–water partition coefficient (Wildman–Crippen LogP) is 2.64. The number of carbonyl (C=O) groups excluding carboxylic acids is 1. The van der Waals surface area contributed by atoms with Crippen molar-refractivity contribution in [3.8, 4) is 0 Å². The molecule has 6 heteroatoms. The minimum atomic E-state index is -0.176. The molecular formula is C18H24N4O2. The molecule has 0 saturated heterocycles. The zero-order valence-corrected chi connectivity index (χ0v) is 14.2. The van der Waals surface area contributed by atoms with Gasteiger partial charge in [-0.25, -0.2) is 9.78 Å². The highest BCUT2D eigenvalue weighted by Gasteiger charge is 2.24. The number of urea groups is 1. The van der Waals surface area contributed by atoms with Crippen molar-refractivity contribution in [2.45, 2.75) is 45.2 Å². The summed E-state index contributed by atoms with van der Waals surface area (Å²) in [6.07, 6.45) is 4.60. The molecule has 1 fully saturated rings. The molecule has 0 aliphatic heterocycles. The minimum Gasteiger partial charge on any atom is -0.335 e. The van der Waals surface area contributed by atoms with E-state index in [0.717, 1.165) is 12.8 Å². The first-order valence-electron chi connectivity index (χ1n) is 8.54. The lowest BCUT2D eigenvalue weighted by atomic mass is 9.86. The Balaban J connectivity index is 1.68. The summed E-state index contributed by atoms with van der Waals surface area (Å²) in [5.41, 5.74) is 0.469. The number of amides is 2. The second kappa shape index (κ2) is 7.03. The molecule has 1 aromatic carbocycles. The molecule has 1 aromatic heterocycles. The number of carbonyl (C=O) groups is 1. The van der Waals surface area contributed by atoms with Crippen LogP contribution in [-0.4, -0.2) is 34.0 Å². The lowest BCUT2D eigenvalue weighted by Gasteiger charge is -2.31. The fraction of sp³-hybridized carbons (Fsp3) is 0.500. The third-order valence-electron chi connectivity index (χ3n) is 4.82. The minimum absolute atomic E-state index is 0.121. The number of hydrogen-bond donors (Lipinski definition) is 2. The van der Waals surface area contributed by atoms with Crippen molar-refractivity contribution < 1.29 is 4.79 Å². The molecule has 2 atom stereocenters. The predicted molar refractivity (Wildman–Crippen MR) is 93.8 cm³/mol. The van der Waals surface area contributed by atoms with E-state index in [1.807, 2.05) is 12.1 Å². The van der Waals surface area contributed by atoms with E-state index in [-0.39, 0.29) is 24.2 Å². The van der Waals surface area contributed by atoms with Crippen LogP contribution in [0.3, 0.4) is 0 Å². The molecular weight excluding hydrogens is 304 g/mol. The number of aromatic amines is 1. The van der Waals surface area contributed by atoms with Crippen LogP contribution in [0.4, 0.5) is 4.79 Å². The van der Waals surface area contributed by atoms with E-state index in [4.69, 9.17) is 0 Å². The number of nitrogens with one attached hydrogen (secondary N) is 2. The summed E-state index contributed by atoms with van der Waals surface area (Å²) < 4.78 is 0. The SMILES string of the molecule is C[C@@H]1CCCC[C@@H]1NC(=O)N(C)Cc1nc2ccccc2c(=O)[nH]1. The maximum absolute atomic E-state index is 12.4. The summed E-state index contributed by atoms with van der Waals surface area (Å²) in [6, 6.07) is 7.31. The average Bonchev–Trinajstić information content (AvgIpc) is 2.57. The van der Waals surface area contributed by atoms with Gasteiger partial charge in [0.15, 0.2) is 0 Å². The van der Waals surface area contributed by atoms with Crippen molar-refractivity contribution in [1.82, 2.24) is 20.2 Å². The van der Waals surface area contributed by atoms with Crippen molar-refractivity contribution in [2.24, 2.45) is 5.92 Å². The first-order chi connectivity index (χ1) is 11.5. The van der Waals surface area contributed by atoms with Crippen LogP contribution in [0.25, 0.3) is 10.9 Å². The Morgan fingerprint density at radius 3 is 2.88 bits per heavy atom. The lowest BCUT2D eigenvalue weighted by molar-refractivity contribution is 0.189. The van der Waals surface area contributed by atoms with Crippen LogP contribution in [0.15, 0.2) is 29.1 Å². The van der Waals surface area contributed by atoms with E-state index in [0.29, 0.717) is 22.6 Å². The highest BCUT2D eigenvalue weighted by Crippen LogP contribution is 2.23. The number of fused-ring (bicyclic) bond motifs is 1. The highest BCUT2D eigenvalue weighted by molar-refractivity contribution is 5.77. The summed E-state index contributed by atoms with van der Waals surface area (Å²) in [6.45, 7) is 2.46. The van der Waals surface area contributed by atoms with E-state index >= 15 is 0 Å². The van der Waals surface area contributed by atoms with Crippen LogP contribution in [0.2, 0.25) is 0 Å². The van der Waals surface area contributed by atoms with E-state index in [1.54, 1.807) is 24.1 Å². The number of benzene rings is 1. The maximum Gasteiger partial charge on any atom is 0.317 e. The Kier molecular flexibility index (Phi) is 4.83. The van der Waals surface area contributed by atoms with E-state index in [9.17, 15) is 9.59 Å². The average molecular weight is 328 g/mol. The van der Waals surface area contributed by atoms with Crippen molar-refractivity contribution in [2.75, 3.05) is 7.05 Å². The monoisotopic (exact) mass is 328 g/mol. The van der Waals surface area contributed by atoms with Crippen LogP contribution in [0, 0.1) is 5.92 Å². The van der Waals surface area contributed by atoms with Gasteiger partial charge in [0.2, 0.25) is 0 Å². The maximum atomic E-state index is 12.4. The number of nitrogens with zero attached hydrogens (tertiary/aromatic N) is 2. The van der Waals surface area contributed by atoms with Gasteiger partial charge in [0, 0.05) is 13.1 Å². The van der Waals surface area contributed by atoms with E-state index in [2.05, 4.69) is 22.2 Å². The Hall–Kier alpha value is -2.37. The first kappa shape index (κ1) is 16.5. The van der Waals surface area contributed by atoms with Crippen molar-refractivity contribution in [1.29, 1.82) is 0 Å². The molecule has 3 rings (SSSR count). The molecule has 0 bridgehead atoms. The van der Waals surface area contributed by atoms with Gasteiger partial charge in [0.1, 0.15) is 5.82 Å². The number of rotatable bonds is 3. The van der Waals surface area contributed by atoms with Crippen LogP contribution in [0.5, 0.6) is 0 Å². The third kappa shape index (κ3) is 3.58. The molecule has 0 spiro atoms. The molecule has 0 radical (unpaired) electrons. The summed E-state index contributed by atoms with van der Waals surface area (Å²) in [5, 5.41) is 3.67. The Morgan fingerprint density at radius 1 is 1.33 bits per heavy atom. The summed E-state index contributed by atoms with van der Waals surface area (Å²) in [7, 11) is 1.72. The number of hydrogen-bond acceptors (Lipinski definition) is 3. The summed E-state index contributed by atoms with van der Waals surface area (Å²) in [4.78, 5) is 33.3. The van der Waals surface area contributed by atoms with Crippen molar-refractivity contribution >= 4 is 16.9 Å². The Bertz CT molecular complexity index is 786. The lowest BCUT2D eigenvalue weighted by Crippen LogP contribution is -2.46. The van der Waals surface area contributed by atoms with E-state index in [1.165, 1.54) is 12.8 Å². The molecule has 1 aliphatic carbocycles. The van der Waals surface area contributed by atoms with Gasteiger partial charge < -0.3 is 15.2 Å². The van der Waals surface area contributed by atoms with Crippen molar-refractivity contribution in [3.05, 3.63) is 40.4 Å². The van der Waals surface area contributed by atoms with Gasteiger partial charge in [-0.2, -0.15) is 0 Å². The topological polar surface area (TPSA) is 78.1 Å². The molecule has 2 aromatic rings. The molecule has 128 valence electrons. The molecule has 1 saturated carbocycles. The standard InChI is InChI=1S/C18H24N4O2/c1-12-7-3-5-9-14(12)20-18(24)22(2)11-16-19-15-10-6-4-8-13(15)17(23)21-16/h4,6,8,10,12,14H,3,5,7,9,11H2,1-2H3,(H,20,24)(H,19,21,23)/t12-,14+/m1/s1. The second-order valence-electron chi connectivity index (χ2n) is 6.70. The normalized spacial score (nSPS) is 20.8. The molecule has 6 nitrogen and oxygen atoms in total. The molecule has 1 aliphatic rings. The first-order valence-corrected chi connectivity index (χ1v) is 8.54. The van der Waals surface area contributed by atoms with Gasteiger partial charge in [0.05, 0.1) is 17.4 Å². The van der Waals surface area contributed by atoms with Gasteiger partial charge in [0.25, 0.3) is 5.56 Å². The van der Waals surface area contributed by atoms with Gasteiger partial charge >= 0.3 is 6.03 Å². The summed E-state index contributed by atoms with van der Waals surface area (Å²) in [5.74, 6) is 1.00. The molecule has 1 heterocycles. The zero-order valence-electron chi connectivity index (χ0n) is 14.2. The molecule has 0 unspecified atom stereocenters. The largest absolute Gasteiger partial charge is 0.335 e. The quantitative estimate of drug-likeness (QED) is 0.909. The Morgan fingerprint density at radius 2 is 2.08 bits per heavy atom. The van der Waals surface area contributed by atoms with Crippen LogP contribution < -0.4 is 10.9 Å². The smallest absolute Gasteiger partial charge is 0.317 e. The van der Waals surface area contributed by atoms with Gasteiger partial charge in [-0.3, -0.25) is 4.79 Å². The summed E-state index contributed by atoms with van der Waals surface area (Å²) >= 11 is 0. The van der Waals surface area contributed by atoms with Crippen LogP contribution in [0.1, 0.15) is 38.4 Å². The number of H-pyrrole nitrogens is 1. The fourth-order valence-electron chi connectivity index (χ4n) is 3.31. The molecule has 2 N–H and O–H groups in total. The van der Waals surface area contributed by atoms with Gasteiger partial charge in [-0.05, 0) is 30.9 Å². The van der Waals surface area contributed by atoms with E-state index < -0.39 is 0 Å². The number of aromatic nitrogens is 2. The third-order valence-corrected chi connectivity index (χ3v) is 4.82. The van der Waals surface area contributed by atoms with Crippen molar-refractivity contribution in [3.63, 3.8) is 0 Å². The van der Waals surface area contributed by atoms with Gasteiger partial charge in [-0.15, -0.1) is 0 Å². The zero-order chi connectivity index (χ0) is 17.1. The van der Waals surface area contributed by atoms with Crippen LogP contribution in [-0.2, 0) is 6.54 Å². The molecule has 24 heavy (non-hydrogen) atoms.